The summed E-state index contributed by atoms with van der Waals surface area (Å²) in [4.78, 5) is 11.8. The Hall–Kier alpha value is -1.99. The Morgan fingerprint density at radius 3 is 2.10 bits per heavy atom. The van der Waals surface area contributed by atoms with Crippen LogP contribution in [-0.2, 0) is 7.05 Å². The standard InChI is InChI=1S/C13H9F6NO/c1-20-6-8(7-4-2-3-5-9(7)20)10(21)11(12(14,15)16)13(17,18)19/h2-6,11H,1H3. The van der Waals surface area contributed by atoms with Gasteiger partial charge in [0, 0.05) is 29.7 Å². The van der Waals surface area contributed by atoms with Gasteiger partial charge in [-0.1, -0.05) is 18.2 Å². The van der Waals surface area contributed by atoms with Gasteiger partial charge in [-0.15, -0.1) is 0 Å². The molecule has 2 nitrogen and oxygen atoms in total. The third-order valence-electron chi connectivity index (χ3n) is 3.08. The predicted molar refractivity (Wildman–Crippen MR) is 62.8 cm³/mol. The second-order valence-electron chi connectivity index (χ2n) is 4.55. The third kappa shape index (κ3) is 2.74. The number of benzene rings is 1. The first kappa shape index (κ1) is 15.4. The second kappa shape index (κ2) is 4.78. The highest BCUT2D eigenvalue weighted by Gasteiger charge is 2.61. The number of aryl methyl sites for hydroxylation is 1. The minimum atomic E-state index is -5.69. The molecule has 1 aromatic heterocycles. The number of halogens is 6. The van der Waals surface area contributed by atoms with Crippen molar-refractivity contribution in [1.29, 1.82) is 0 Å². The lowest BCUT2D eigenvalue weighted by molar-refractivity contribution is -0.264. The maximum Gasteiger partial charge on any atom is 0.407 e. The van der Waals surface area contributed by atoms with Gasteiger partial charge < -0.3 is 4.57 Å². The van der Waals surface area contributed by atoms with Crippen LogP contribution in [0.4, 0.5) is 26.3 Å². The van der Waals surface area contributed by atoms with E-state index in [-0.39, 0.29) is 5.39 Å². The lowest BCUT2D eigenvalue weighted by atomic mass is 9.96. The zero-order valence-corrected chi connectivity index (χ0v) is 10.6. The number of alkyl halides is 6. The van der Waals surface area contributed by atoms with Gasteiger partial charge in [0.25, 0.3) is 0 Å². The summed E-state index contributed by atoms with van der Waals surface area (Å²) in [7, 11) is 1.44. The van der Waals surface area contributed by atoms with E-state index in [1.807, 2.05) is 0 Å². The van der Waals surface area contributed by atoms with Crippen LogP contribution in [0.5, 0.6) is 0 Å². The van der Waals surface area contributed by atoms with Gasteiger partial charge in [-0.25, -0.2) is 0 Å². The molecule has 8 heteroatoms. The van der Waals surface area contributed by atoms with Crippen molar-refractivity contribution in [3.05, 3.63) is 36.0 Å². The smallest absolute Gasteiger partial charge is 0.350 e. The molecule has 0 atom stereocenters. The van der Waals surface area contributed by atoms with E-state index >= 15 is 0 Å². The van der Waals surface area contributed by atoms with Gasteiger partial charge in [0.15, 0.2) is 5.78 Å². The zero-order valence-electron chi connectivity index (χ0n) is 10.6. The summed E-state index contributed by atoms with van der Waals surface area (Å²) in [6.45, 7) is 0. The van der Waals surface area contributed by atoms with E-state index < -0.39 is 29.6 Å². The quantitative estimate of drug-likeness (QED) is 0.604. The minimum Gasteiger partial charge on any atom is -0.350 e. The number of fused-ring (bicyclic) bond motifs is 1. The Morgan fingerprint density at radius 2 is 1.57 bits per heavy atom. The maximum absolute atomic E-state index is 12.6. The van der Waals surface area contributed by atoms with E-state index in [0.29, 0.717) is 5.52 Å². The highest BCUT2D eigenvalue weighted by atomic mass is 19.4. The number of nitrogens with zero attached hydrogens (tertiary/aromatic N) is 1. The molecule has 114 valence electrons. The van der Waals surface area contributed by atoms with E-state index in [1.54, 1.807) is 6.07 Å². The average molecular weight is 309 g/mol. The molecule has 0 radical (unpaired) electrons. The molecule has 2 aromatic rings. The topological polar surface area (TPSA) is 22.0 Å². The van der Waals surface area contributed by atoms with Crippen LogP contribution in [0.15, 0.2) is 30.5 Å². The van der Waals surface area contributed by atoms with Gasteiger partial charge in [-0.05, 0) is 6.07 Å². The highest BCUT2D eigenvalue weighted by Crippen LogP contribution is 2.42. The number of hydrogen-bond donors (Lipinski definition) is 0. The fourth-order valence-electron chi connectivity index (χ4n) is 2.18. The van der Waals surface area contributed by atoms with Crippen molar-refractivity contribution < 1.29 is 31.1 Å². The fourth-order valence-corrected chi connectivity index (χ4v) is 2.18. The van der Waals surface area contributed by atoms with Gasteiger partial charge in [-0.3, -0.25) is 4.79 Å². The number of aromatic nitrogens is 1. The van der Waals surface area contributed by atoms with Crippen LogP contribution in [0, 0.1) is 5.92 Å². The number of carbonyl (C=O) groups excluding carboxylic acids is 1. The van der Waals surface area contributed by atoms with E-state index in [9.17, 15) is 31.1 Å². The predicted octanol–water partition coefficient (Wildman–Crippen LogP) is 4.10. The molecule has 2 rings (SSSR count). The van der Waals surface area contributed by atoms with E-state index in [0.717, 1.165) is 6.20 Å². The number of ketones is 1. The normalized spacial score (nSPS) is 13.1. The molecule has 0 aliphatic carbocycles. The molecule has 0 spiro atoms. The van der Waals surface area contributed by atoms with Crippen molar-refractivity contribution in [2.75, 3.05) is 0 Å². The van der Waals surface area contributed by atoms with Crippen molar-refractivity contribution in [3.63, 3.8) is 0 Å². The number of Topliss-reactive ketones (excluding diaryl/α,β-unsaturated/α-hetero) is 1. The first-order valence-corrected chi connectivity index (χ1v) is 5.75. The molecular weight excluding hydrogens is 300 g/mol. The Balaban J connectivity index is 2.60. The monoisotopic (exact) mass is 309 g/mol. The molecule has 1 aromatic carbocycles. The molecule has 0 amide bonds. The molecule has 0 aliphatic heterocycles. The van der Waals surface area contributed by atoms with E-state index in [2.05, 4.69) is 0 Å². The maximum atomic E-state index is 12.6. The summed E-state index contributed by atoms with van der Waals surface area (Å²) >= 11 is 0. The first-order valence-electron chi connectivity index (χ1n) is 5.75. The van der Waals surface area contributed by atoms with Crippen LogP contribution in [0.25, 0.3) is 10.9 Å². The molecule has 0 N–H and O–H groups in total. The Bertz CT molecular complexity index is 668. The second-order valence-corrected chi connectivity index (χ2v) is 4.55. The minimum absolute atomic E-state index is 0.0588. The number of hydrogen-bond acceptors (Lipinski definition) is 1. The fraction of sp³-hybridized carbons (Fsp3) is 0.308. The summed E-state index contributed by atoms with van der Waals surface area (Å²) in [5.74, 6) is -6.01. The summed E-state index contributed by atoms with van der Waals surface area (Å²) in [6.07, 6.45) is -10.4. The summed E-state index contributed by atoms with van der Waals surface area (Å²) in [6, 6.07) is 5.82. The van der Waals surface area contributed by atoms with Crippen LogP contribution in [0.1, 0.15) is 10.4 Å². The van der Waals surface area contributed by atoms with Gasteiger partial charge in [-0.2, -0.15) is 26.3 Å². The van der Waals surface area contributed by atoms with E-state index in [1.165, 1.54) is 29.8 Å². The summed E-state index contributed by atoms with van der Waals surface area (Å²) < 4.78 is 77.0. The molecule has 0 unspecified atom stereocenters. The van der Waals surface area contributed by atoms with Gasteiger partial charge >= 0.3 is 12.4 Å². The van der Waals surface area contributed by atoms with Gasteiger partial charge in [0.1, 0.15) is 0 Å². The Morgan fingerprint density at radius 1 is 1.05 bits per heavy atom. The van der Waals surface area contributed by atoms with Crippen LogP contribution in [-0.4, -0.2) is 22.7 Å². The van der Waals surface area contributed by atoms with Crippen molar-refractivity contribution in [3.8, 4) is 0 Å². The first-order chi connectivity index (χ1) is 9.53. The molecule has 0 saturated carbocycles. The van der Waals surface area contributed by atoms with Crippen molar-refractivity contribution >= 4 is 16.7 Å². The summed E-state index contributed by atoms with van der Waals surface area (Å²) in [5, 5.41) is 0.0588. The molecule has 0 fully saturated rings. The third-order valence-corrected chi connectivity index (χ3v) is 3.08. The molecular formula is C13H9F6NO. The van der Waals surface area contributed by atoms with Gasteiger partial charge in [0.2, 0.25) is 5.92 Å². The van der Waals surface area contributed by atoms with Crippen LogP contribution in [0.2, 0.25) is 0 Å². The number of carbonyl (C=O) groups is 1. The molecule has 0 bridgehead atoms. The van der Waals surface area contributed by atoms with E-state index in [4.69, 9.17) is 0 Å². The average Bonchev–Trinajstić information content (AvgIpc) is 2.64. The van der Waals surface area contributed by atoms with Crippen molar-refractivity contribution in [2.45, 2.75) is 12.4 Å². The van der Waals surface area contributed by atoms with Crippen molar-refractivity contribution in [2.24, 2.45) is 13.0 Å². The molecule has 0 aliphatic rings. The largest absolute Gasteiger partial charge is 0.407 e. The van der Waals surface area contributed by atoms with Crippen LogP contribution in [0.3, 0.4) is 0 Å². The Kier molecular flexibility index (Phi) is 3.51. The molecule has 21 heavy (non-hydrogen) atoms. The lowest BCUT2D eigenvalue weighted by Crippen LogP contribution is -2.42. The van der Waals surface area contributed by atoms with Gasteiger partial charge in [0.05, 0.1) is 0 Å². The SMILES string of the molecule is Cn1cc(C(=O)C(C(F)(F)F)C(F)(F)F)c2ccccc21. The molecule has 1 heterocycles. The highest BCUT2D eigenvalue weighted by molar-refractivity contribution is 6.09. The van der Waals surface area contributed by atoms with Crippen molar-refractivity contribution in [1.82, 2.24) is 4.57 Å². The summed E-state index contributed by atoms with van der Waals surface area (Å²) in [5.41, 5.74) is -0.211. The number of para-hydroxylation sites is 1. The van der Waals surface area contributed by atoms with Crippen LogP contribution >= 0.6 is 0 Å². The zero-order chi connectivity index (χ0) is 16.0. The van der Waals surface area contributed by atoms with Crippen LogP contribution < -0.4 is 0 Å². The Labute approximate surface area is 115 Å². The molecule has 0 saturated heterocycles. The lowest BCUT2D eigenvalue weighted by Gasteiger charge is -2.21. The number of rotatable bonds is 2.